The number of thioether (sulfide) groups is 1. The number of aromatic amines is 1. The Balaban J connectivity index is 1.28. The van der Waals surface area contributed by atoms with E-state index in [1.807, 2.05) is 48.6 Å². The van der Waals surface area contributed by atoms with Crippen LogP contribution in [0.1, 0.15) is 17.0 Å². The molecule has 180 valence electrons. The third kappa shape index (κ3) is 6.55. The van der Waals surface area contributed by atoms with Crippen molar-refractivity contribution in [3.05, 3.63) is 82.8 Å². The lowest BCUT2D eigenvalue weighted by Gasteiger charge is -2.12. The first-order valence-corrected chi connectivity index (χ1v) is 11.8. The molecule has 4 rings (SSSR count). The van der Waals surface area contributed by atoms with Crippen molar-refractivity contribution in [2.45, 2.75) is 11.1 Å². The van der Waals surface area contributed by atoms with Crippen LogP contribution in [0.15, 0.2) is 65.7 Å². The smallest absolute Gasteiger partial charge is 0.337 e. The molecular weight excluding hydrogens is 499 g/mol. The molecule has 0 aliphatic rings. The van der Waals surface area contributed by atoms with Crippen molar-refractivity contribution in [3.63, 3.8) is 0 Å². The largest absolute Gasteiger partial charge is 0.417 e. The number of anilines is 1. The standard InChI is InChI=1S/C24H19ClF3N5OS/c25-20-8-4-16(13-19(20)24(26,27)28)31-23(34)30-11-12-35-17-6-7-18-21(32-33-22(18)14-17)9-5-15-3-1-2-10-29-15/h1-10,13-14H,11-12H2,(H,32,33)(H2,30,31,34)/b9-5+. The Hall–Kier alpha value is -3.50. The van der Waals surface area contributed by atoms with Crippen molar-refractivity contribution in [1.29, 1.82) is 0 Å². The van der Waals surface area contributed by atoms with Gasteiger partial charge in [-0.2, -0.15) is 18.3 Å². The molecule has 11 heteroatoms. The molecule has 2 amide bonds. The summed E-state index contributed by atoms with van der Waals surface area (Å²) in [7, 11) is 0. The maximum atomic E-state index is 13.0. The Labute approximate surface area is 208 Å². The van der Waals surface area contributed by atoms with Gasteiger partial charge in [0.05, 0.1) is 27.5 Å². The first-order valence-electron chi connectivity index (χ1n) is 10.4. The van der Waals surface area contributed by atoms with Gasteiger partial charge in [-0.15, -0.1) is 11.8 Å². The molecule has 0 bridgehead atoms. The topological polar surface area (TPSA) is 82.7 Å². The summed E-state index contributed by atoms with van der Waals surface area (Å²) >= 11 is 7.12. The highest BCUT2D eigenvalue weighted by Crippen LogP contribution is 2.36. The number of carbonyl (C=O) groups excluding carboxylic acids is 1. The number of carbonyl (C=O) groups is 1. The molecule has 2 aromatic heterocycles. The number of nitrogens with zero attached hydrogens (tertiary/aromatic N) is 2. The molecule has 2 aromatic carbocycles. The van der Waals surface area contributed by atoms with Crippen LogP contribution in [0.2, 0.25) is 5.02 Å². The number of benzene rings is 2. The van der Waals surface area contributed by atoms with E-state index in [4.69, 9.17) is 11.6 Å². The maximum Gasteiger partial charge on any atom is 0.417 e. The molecule has 35 heavy (non-hydrogen) atoms. The quantitative estimate of drug-likeness (QED) is 0.188. The van der Waals surface area contributed by atoms with E-state index in [1.54, 1.807) is 6.20 Å². The van der Waals surface area contributed by atoms with Crippen LogP contribution < -0.4 is 10.6 Å². The first-order chi connectivity index (χ1) is 16.8. The van der Waals surface area contributed by atoms with Crippen molar-refractivity contribution in [2.75, 3.05) is 17.6 Å². The van der Waals surface area contributed by atoms with Crippen LogP contribution in [-0.2, 0) is 6.18 Å². The number of aromatic nitrogens is 3. The van der Waals surface area contributed by atoms with Crippen LogP contribution in [0.25, 0.3) is 23.1 Å². The average molecular weight is 518 g/mol. The lowest BCUT2D eigenvalue weighted by molar-refractivity contribution is -0.137. The van der Waals surface area contributed by atoms with Gasteiger partial charge in [0.2, 0.25) is 0 Å². The number of nitrogens with one attached hydrogen (secondary N) is 3. The predicted octanol–water partition coefficient (Wildman–Crippen LogP) is 6.71. The Bertz CT molecular complexity index is 1360. The van der Waals surface area contributed by atoms with E-state index in [1.165, 1.54) is 17.8 Å². The van der Waals surface area contributed by atoms with Crippen molar-refractivity contribution in [1.82, 2.24) is 20.5 Å². The fraction of sp³-hybridized carbons (Fsp3) is 0.125. The monoisotopic (exact) mass is 517 g/mol. The number of fused-ring (bicyclic) bond motifs is 1. The van der Waals surface area contributed by atoms with Crippen molar-refractivity contribution in [2.24, 2.45) is 0 Å². The van der Waals surface area contributed by atoms with Crippen molar-refractivity contribution >= 4 is 58.1 Å². The number of H-pyrrole nitrogens is 1. The number of alkyl halides is 3. The van der Waals surface area contributed by atoms with Gasteiger partial charge in [-0.1, -0.05) is 17.7 Å². The van der Waals surface area contributed by atoms with E-state index in [9.17, 15) is 18.0 Å². The van der Waals surface area contributed by atoms with Gasteiger partial charge in [0.25, 0.3) is 0 Å². The van der Waals surface area contributed by atoms with Crippen LogP contribution >= 0.6 is 23.4 Å². The van der Waals surface area contributed by atoms with Crippen LogP contribution in [-0.4, -0.2) is 33.5 Å². The zero-order valence-electron chi connectivity index (χ0n) is 18.1. The van der Waals surface area contributed by atoms with Gasteiger partial charge in [-0.3, -0.25) is 10.1 Å². The summed E-state index contributed by atoms with van der Waals surface area (Å²) in [6.45, 7) is 0.315. The molecule has 6 nitrogen and oxygen atoms in total. The number of urea groups is 1. The molecule has 0 unspecified atom stereocenters. The van der Waals surface area contributed by atoms with Crippen LogP contribution in [0.4, 0.5) is 23.7 Å². The molecule has 0 aliphatic heterocycles. The van der Waals surface area contributed by atoms with E-state index >= 15 is 0 Å². The summed E-state index contributed by atoms with van der Waals surface area (Å²) in [5.41, 5.74) is 1.52. The fourth-order valence-corrected chi connectivity index (χ4v) is 4.23. The minimum atomic E-state index is -4.60. The van der Waals surface area contributed by atoms with Crippen LogP contribution in [0.3, 0.4) is 0 Å². The molecule has 4 aromatic rings. The van der Waals surface area contributed by atoms with Crippen molar-refractivity contribution < 1.29 is 18.0 Å². The van der Waals surface area contributed by atoms with Gasteiger partial charge >= 0.3 is 12.2 Å². The molecule has 0 spiro atoms. The molecule has 0 radical (unpaired) electrons. The first kappa shape index (κ1) is 24.6. The van der Waals surface area contributed by atoms with Crippen molar-refractivity contribution in [3.8, 4) is 0 Å². The van der Waals surface area contributed by atoms with Gasteiger partial charge < -0.3 is 10.6 Å². The summed E-state index contributed by atoms with van der Waals surface area (Å²) < 4.78 is 38.9. The number of pyridine rings is 1. The Morgan fingerprint density at radius 2 is 1.97 bits per heavy atom. The third-order valence-corrected chi connectivity index (χ3v) is 6.17. The van der Waals surface area contributed by atoms with Gasteiger partial charge in [0.1, 0.15) is 0 Å². The summed E-state index contributed by atoms with van der Waals surface area (Å²) in [6.07, 6.45) is 0.914. The predicted molar refractivity (Wildman–Crippen MR) is 133 cm³/mol. The molecule has 0 aliphatic carbocycles. The fourth-order valence-electron chi connectivity index (χ4n) is 3.20. The average Bonchev–Trinajstić information content (AvgIpc) is 3.24. The Morgan fingerprint density at radius 1 is 1.11 bits per heavy atom. The molecule has 3 N–H and O–H groups in total. The molecule has 0 saturated carbocycles. The normalized spacial score (nSPS) is 11.8. The molecule has 0 saturated heterocycles. The second kappa shape index (κ2) is 10.8. The van der Waals surface area contributed by atoms with Gasteiger partial charge in [-0.05, 0) is 60.7 Å². The van der Waals surface area contributed by atoms with Gasteiger partial charge in [-0.25, -0.2) is 4.79 Å². The minimum absolute atomic E-state index is 0.00414. The highest BCUT2D eigenvalue weighted by atomic mass is 35.5. The Kier molecular flexibility index (Phi) is 7.62. The second-order valence-corrected chi connectivity index (χ2v) is 8.90. The number of amides is 2. The summed E-state index contributed by atoms with van der Waals surface area (Å²) in [5.74, 6) is 0.563. The number of hydrogen-bond acceptors (Lipinski definition) is 4. The third-order valence-electron chi connectivity index (χ3n) is 4.85. The summed E-state index contributed by atoms with van der Waals surface area (Å²) in [4.78, 5) is 17.3. The molecule has 0 atom stereocenters. The van der Waals surface area contributed by atoms with E-state index in [0.29, 0.717) is 12.3 Å². The van der Waals surface area contributed by atoms with Crippen LogP contribution in [0, 0.1) is 0 Å². The SMILES string of the molecule is O=C(NCCSc1ccc2c(/C=C/c3ccccn3)n[nH]c2c1)Nc1ccc(Cl)c(C(F)(F)F)c1. The van der Waals surface area contributed by atoms with E-state index in [-0.39, 0.29) is 5.69 Å². The van der Waals surface area contributed by atoms with Crippen LogP contribution in [0.5, 0.6) is 0 Å². The lowest BCUT2D eigenvalue weighted by atomic mass is 10.2. The zero-order chi connectivity index (χ0) is 24.8. The molecular formula is C24H19ClF3N5OS. The van der Waals surface area contributed by atoms with Gasteiger partial charge in [0.15, 0.2) is 0 Å². The van der Waals surface area contributed by atoms with E-state index in [2.05, 4.69) is 25.8 Å². The highest BCUT2D eigenvalue weighted by Gasteiger charge is 2.33. The number of rotatable bonds is 7. The molecule has 2 heterocycles. The number of halogens is 4. The second-order valence-electron chi connectivity index (χ2n) is 7.33. The Morgan fingerprint density at radius 3 is 2.74 bits per heavy atom. The van der Waals surface area contributed by atoms with E-state index in [0.717, 1.165) is 39.3 Å². The highest BCUT2D eigenvalue weighted by molar-refractivity contribution is 7.99. The van der Waals surface area contributed by atoms with E-state index < -0.39 is 22.8 Å². The lowest BCUT2D eigenvalue weighted by Crippen LogP contribution is -2.30. The zero-order valence-corrected chi connectivity index (χ0v) is 19.6. The van der Waals surface area contributed by atoms with Gasteiger partial charge in [0, 0.05) is 34.5 Å². The summed E-state index contributed by atoms with van der Waals surface area (Å²) in [6, 6.07) is 14.2. The summed E-state index contributed by atoms with van der Waals surface area (Å²) in [5, 5.41) is 12.9. The number of hydrogen-bond donors (Lipinski definition) is 3. The molecule has 0 fully saturated rings. The maximum absolute atomic E-state index is 13.0. The minimum Gasteiger partial charge on any atom is -0.337 e.